The van der Waals surface area contributed by atoms with Crippen molar-refractivity contribution >= 4 is 38.2 Å². The lowest BCUT2D eigenvalue weighted by molar-refractivity contribution is 0.451. The Morgan fingerprint density at radius 2 is 1.65 bits per heavy atom. The van der Waals surface area contributed by atoms with Gasteiger partial charge in [0.15, 0.2) is 11.3 Å². The predicted molar refractivity (Wildman–Crippen MR) is 151 cm³/mol. The van der Waals surface area contributed by atoms with Crippen LogP contribution in [0.5, 0.6) is 0 Å². The maximum absolute atomic E-state index is 13.5. The number of aryl methyl sites for hydroxylation is 1. The molecule has 7 rings (SSSR count). The van der Waals surface area contributed by atoms with Gasteiger partial charge < -0.3 is 10.6 Å². The quantitative estimate of drug-likeness (QED) is 0.274. The Hall–Kier alpha value is -4.06. The van der Waals surface area contributed by atoms with E-state index in [4.69, 9.17) is 0 Å². The lowest BCUT2D eigenvalue weighted by Crippen LogP contribution is -2.39. The lowest BCUT2D eigenvalue weighted by Gasteiger charge is -2.19. The largest absolute Gasteiger partial charge is 0.377 e. The van der Waals surface area contributed by atoms with Crippen LogP contribution in [0.3, 0.4) is 0 Å². The van der Waals surface area contributed by atoms with Crippen LogP contribution in [0, 0.1) is 12.8 Å². The first kappa shape index (κ1) is 24.9. The van der Waals surface area contributed by atoms with E-state index < -0.39 is 20.9 Å². The van der Waals surface area contributed by atoms with Crippen molar-refractivity contribution in [1.29, 1.82) is 0 Å². The summed E-state index contributed by atoms with van der Waals surface area (Å²) in [5.74, 6) is 1.02. The van der Waals surface area contributed by atoms with Gasteiger partial charge in [-0.25, -0.2) is 17.4 Å². The fourth-order valence-electron chi connectivity index (χ4n) is 6.02. The number of aromatic nitrogens is 5. The zero-order valence-corrected chi connectivity index (χ0v) is 23.0. The summed E-state index contributed by atoms with van der Waals surface area (Å²) in [6.07, 6.45) is 7.51. The molecular formula is C28H29N7O4S. The number of hydrogen-bond acceptors (Lipinski definition) is 9. The molecule has 0 unspecified atom stereocenters. The van der Waals surface area contributed by atoms with Crippen LogP contribution in [-0.4, -0.2) is 44.1 Å². The number of benzene rings is 1. The van der Waals surface area contributed by atoms with Gasteiger partial charge in [0.25, 0.3) is 20.9 Å². The van der Waals surface area contributed by atoms with Gasteiger partial charge in [-0.2, -0.15) is 0 Å². The molecular weight excluding hydrogens is 530 g/mol. The third-order valence-electron chi connectivity index (χ3n) is 8.38. The lowest BCUT2D eigenvalue weighted by atomic mass is 9.93. The fraction of sp³-hybridized carbons (Fsp3) is 0.393. The zero-order valence-electron chi connectivity index (χ0n) is 22.2. The Balaban J connectivity index is 1.23. The van der Waals surface area contributed by atoms with Crippen LogP contribution in [0.4, 0.5) is 11.4 Å². The molecule has 3 heterocycles. The molecule has 2 saturated carbocycles. The second-order valence-corrected chi connectivity index (χ2v) is 12.9. The molecule has 40 heavy (non-hydrogen) atoms. The molecule has 11 nitrogen and oxygen atoms in total. The minimum atomic E-state index is -3.86. The van der Waals surface area contributed by atoms with Crippen LogP contribution in [0.25, 0.3) is 16.8 Å². The maximum atomic E-state index is 13.5. The zero-order chi connectivity index (χ0) is 27.8. The van der Waals surface area contributed by atoms with Crippen molar-refractivity contribution in [3.05, 3.63) is 74.6 Å². The number of hydrogen-bond donors (Lipinski definition) is 2. The van der Waals surface area contributed by atoms with Crippen molar-refractivity contribution in [1.82, 2.24) is 23.6 Å². The molecule has 5 aromatic rings. The average molecular weight is 560 g/mol. The highest BCUT2D eigenvalue weighted by Crippen LogP contribution is 2.43. The number of nitrogens with one attached hydrogen (secondary N) is 2. The smallest absolute Gasteiger partial charge is 0.269 e. The summed E-state index contributed by atoms with van der Waals surface area (Å²) in [5, 5.41) is 15.5. The monoisotopic (exact) mass is 559 g/mol. The minimum absolute atomic E-state index is 0.00538. The fourth-order valence-corrected chi connectivity index (χ4v) is 7.32. The van der Waals surface area contributed by atoms with Crippen molar-refractivity contribution in [3.63, 3.8) is 0 Å². The van der Waals surface area contributed by atoms with E-state index in [0.717, 1.165) is 37.1 Å². The average Bonchev–Trinajstić information content (AvgIpc) is 3.33. The van der Waals surface area contributed by atoms with Gasteiger partial charge in [-0.1, -0.05) is 31.0 Å². The molecule has 0 saturated heterocycles. The summed E-state index contributed by atoms with van der Waals surface area (Å²) in [5.41, 5.74) is 2.33. The van der Waals surface area contributed by atoms with E-state index >= 15 is 0 Å². The molecule has 12 heteroatoms. The van der Waals surface area contributed by atoms with E-state index in [1.165, 1.54) is 10.2 Å². The molecule has 3 atom stereocenters. The Morgan fingerprint density at radius 1 is 0.950 bits per heavy atom. The molecule has 2 aliphatic carbocycles. The number of fused-ring (bicyclic) bond motifs is 3. The molecule has 0 amide bonds. The predicted octanol–water partition coefficient (Wildman–Crippen LogP) is 3.18. The molecule has 2 aliphatic rings. The summed E-state index contributed by atoms with van der Waals surface area (Å²) in [6.45, 7) is 4.03. The first-order valence-electron chi connectivity index (χ1n) is 13.7. The van der Waals surface area contributed by atoms with E-state index in [0.29, 0.717) is 34.6 Å². The summed E-state index contributed by atoms with van der Waals surface area (Å²) in [4.78, 5) is 29.1. The molecule has 2 aromatic carbocycles. The van der Waals surface area contributed by atoms with E-state index in [1.54, 1.807) is 36.5 Å². The first-order valence-corrected chi connectivity index (χ1v) is 15.1. The minimum Gasteiger partial charge on any atom is -0.377 e. The van der Waals surface area contributed by atoms with Gasteiger partial charge in [-0.05, 0) is 56.7 Å². The highest BCUT2D eigenvalue weighted by atomic mass is 32.2. The van der Waals surface area contributed by atoms with Gasteiger partial charge in [0.2, 0.25) is 0 Å². The van der Waals surface area contributed by atoms with Crippen LogP contribution in [0.1, 0.15) is 56.3 Å². The Morgan fingerprint density at radius 3 is 2.33 bits per heavy atom. The third-order valence-corrected chi connectivity index (χ3v) is 10.1. The standard InChI is InChI=1S/C28H29N7O4S/c1-3-16-12-18(31-24-23(25(36)26(24)37)30-17-6-7-17)13-20(16)27-33-32-22-14-29-28-21(35(22)27)10-11-34(28)40(38,39)19-8-4-15(2)5-9-19/h4-5,8-11,14,16-18,20,30-31H,3,6-7,12-13H2,1-2H3/t16-,18+,20+/m1/s1. The number of anilines is 2. The molecule has 0 aliphatic heterocycles. The third kappa shape index (κ3) is 3.84. The summed E-state index contributed by atoms with van der Waals surface area (Å²) >= 11 is 0. The van der Waals surface area contributed by atoms with Crippen LogP contribution >= 0.6 is 0 Å². The SMILES string of the molecule is CC[C@@H]1C[C@H](Nc2c(NC3CC3)c(=O)c2=O)C[C@@H]1c1nnc2cnc3c(ccn3S(=O)(=O)c3ccc(C)cc3)n12. The topological polar surface area (TPSA) is 140 Å². The van der Waals surface area contributed by atoms with Crippen LogP contribution in [0.2, 0.25) is 0 Å². The van der Waals surface area contributed by atoms with Gasteiger partial charge in [-0.3, -0.25) is 14.0 Å². The second-order valence-electron chi connectivity index (χ2n) is 11.1. The molecule has 0 radical (unpaired) electrons. The molecule has 0 spiro atoms. The van der Waals surface area contributed by atoms with E-state index in [9.17, 15) is 18.0 Å². The van der Waals surface area contributed by atoms with Gasteiger partial charge in [0.1, 0.15) is 17.2 Å². The highest BCUT2D eigenvalue weighted by molar-refractivity contribution is 7.90. The first-order chi connectivity index (χ1) is 19.3. The normalized spacial score (nSPS) is 21.5. The van der Waals surface area contributed by atoms with Crippen molar-refractivity contribution < 1.29 is 8.42 Å². The second kappa shape index (κ2) is 8.98. The van der Waals surface area contributed by atoms with Crippen LogP contribution in [-0.2, 0) is 10.0 Å². The molecule has 2 fully saturated rings. The number of rotatable bonds is 8. The van der Waals surface area contributed by atoms with Crippen molar-refractivity contribution in [2.24, 2.45) is 5.92 Å². The van der Waals surface area contributed by atoms with Crippen LogP contribution in [0.15, 0.2) is 57.2 Å². The maximum Gasteiger partial charge on any atom is 0.269 e. The van der Waals surface area contributed by atoms with E-state index in [2.05, 4.69) is 32.7 Å². The van der Waals surface area contributed by atoms with Crippen molar-refractivity contribution in [2.45, 2.75) is 68.8 Å². The summed E-state index contributed by atoms with van der Waals surface area (Å²) in [6, 6.07) is 8.74. The van der Waals surface area contributed by atoms with E-state index in [-0.39, 0.29) is 28.8 Å². The summed E-state index contributed by atoms with van der Waals surface area (Å²) in [7, 11) is -3.86. The van der Waals surface area contributed by atoms with Gasteiger partial charge in [0, 0.05) is 24.2 Å². The summed E-state index contributed by atoms with van der Waals surface area (Å²) < 4.78 is 30.0. The molecule has 0 bridgehead atoms. The molecule has 3 aromatic heterocycles. The number of nitrogens with zero attached hydrogens (tertiary/aromatic N) is 5. The highest BCUT2D eigenvalue weighted by Gasteiger charge is 2.39. The van der Waals surface area contributed by atoms with Gasteiger partial charge in [-0.15, -0.1) is 10.2 Å². The molecule has 2 N–H and O–H groups in total. The van der Waals surface area contributed by atoms with Crippen molar-refractivity contribution in [2.75, 3.05) is 10.6 Å². The molecule has 206 valence electrons. The Bertz CT molecular complexity index is 1950. The van der Waals surface area contributed by atoms with Crippen LogP contribution < -0.4 is 21.5 Å². The van der Waals surface area contributed by atoms with Gasteiger partial charge in [0.05, 0.1) is 16.6 Å². The Kier molecular flexibility index (Phi) is 5.60. The van der Waals surface area contributed by atoms with Crippen molar-refractivity contribution in [3.8, 4) is 0 Å². The van der Waals surface area contributed by atoms with Gasteiger partial charge >= 0.3 is 0 Å². The van der Waals surface area contributed by atoms with E-state index in [1.807, 2.05) is 11.3 Å². The Labute approximate surface area is 230 Å².